The van der Waals surface area contributed by atoms with Gasteiger partial charge < -0.3 is 4.74 Å². The van der Waals surface area contributed by atoms with Gasteiger partial charge in [0.1, 0.15) is 10.9 Å². The van der Waals surface area contributed by atoms with Crippen molar-refractivity contribution in [3.8, 4) is 16.9 Å². The topological polar surface area (TPSA) is 22.1 Å². The molecule has 0 unspecified atom stereocenters. The molecule has 1 heterocycles. The SMILES string of the molecule is CCCCCOc1ccc(-c2ccc(Cl)nc2)cc1. The van der Waals surface area contributed by atoms with Crippen LogP contribution >= 0.6 is 11.6 Å². The standard InChI is InChI=1S/C16H18ClNO/c1-2-3-4-11-19-15-8-5-13(6-9-15)14-7-10-16(17)18-12-14/h5-10,12H,2-4,11H2,1H3. The molecule has 100 valence electrons. The maximum atomic E-state index is 5.78. The van der Waals surface area contributed by atoms with Gasteiger partial charge in [-0.25, -0.2) is 4.98 Å². The fourth-order valence-electron chi connectivity index (χ4n) is 1.83. The molecule has 0 amide bonds. The van der Waals surface area contributed by atoms with Gasteiger partial charge in [0.15, 0.2) is 0 Å². The van der Waals surface area contributed by atoms with Gasteiger partial charge in [0, 0.05) is 11.8 Å². The Morgan fingerprint density at radius 2 is 1.74 bits per heavy atom. The van der Waals surface area contributed by atoms with Crippen LogP contribution in [0.15, 0.2) is 42.6 Å². The van der Waals surface area contributed by atoms with E-state index in [1.54, 1.807) is 12.3 Å². The lowest BCUT2D eigenvalue weighted by Gasteiger charge is -2.07. The number of hydrogen-bond donors (Lipinski definition) is 0. The molecule has 0 saturated carbocycles. The summed E-state index contributed by atoms with van der Waals surface area (Å²) < 4.78 is 5.68. The van der Waals surface area contributed by atoms with Gasteiger partial charge in [-0.1, -0.05) is 43.5 Å². The van der Waals surface area contributed by atoms with Gasteiger partial charge in [0.2, 0.25) is 0 Å². The highest BCUT2D eigenvalue weighted by Crippen LogP contribution is 2.22. The fraction of sp³-hybridized carbons (Fsp3) is 0.312. The van der Waals surface area contributed by atoms with Crippen molar-refractivity contribution in [3.63, 3.8) is 0 Å². The van der Waals surface area contributed by atoms with Crippen LogP contribution in [0.4, 0.5) is 0 Å². The molecule has 0 aliphatic heterocycles. The number of ether oxygens (including phenoxy) is 1. The van der Waals surface area contributed by atoms with Crippen LogP contribution in [0.2, 0.25) is 5.15 Å². The molecule has 0 radical (unpaired) electrons. The molecule has 0 fully saturated rings. The molecular formula is C16H18ClNO. The van der Waals surface area contributed by atoms with Crippen LogP contribution in [0.1, 0.15) is 26.2 Å². The predicted octanol–water partition coefficient (Wildman–Crippen LogP) is 4.97. The lowest BCUT2D eigenvalue weighted by Crippen LogP contribution is -1.96. The highest BCUT2D eigenvalue weighted by molar-refractivity contribution is 6.29. The average molecular weight is 276 g/mol. The highest BCUT2D eigenvalue weighted by atomic mass is 35.5. The summed E-state index contributed by atoms with van der Waals surface area (Å²) in [4.78, 5) is 4.08. The smallest absolute Gasteiger partial charge is 0.129 e. The van der Waals surface area contributed by atoms with Crippen LogP contribution in [0.25, 0.3) is 11.1 Å². The summed E-state index contributed by atoms with van der Waals surface area (Å²) in [5, 5.41) is 0.514. The first-order chi connectivity index (χ1) is 9.29. The minimum Gasteiger partial charge on any atom is -0.494 e. The van der Waals surface area contributed by atoms with E-state index in [4.69, 9.17) is 16.3 Å². The molecule has 19 heavy (non-hydrogen) atoms. The Morgan fingerprint density at radius 1 is 1.00 bits per heavy atom. The molecule has 1 aromatic carbocycles. The molecule has 0 saturated heterocycles. The Kier molecular flexibility index (Phi) is 5.22. The van der Waals surface area contributed by atoms with E-state index in [0.29, 0.717) is 5.15 Å². The number of pyridine rings is 1. The van der Waals surface area contributed by atoms with E-state index >= 15 is 0 Å². The minimum absolute atomic E-state index is 0.514. The third kappa shape index (κ3) is 4.25. The zero-order chi connectivity index (χ0) is 13.5. The number of unbranched alkanes of at least 4 members (excludes halogenated alkanes) is 2. The summed E-state index contributed by atoms with van der Waals surface area (Å²) >= 11 is 5.78. The molecule has 2 nitrogen and oxygen atoms in total. The number of halogens is 1. The van der Waals surface area contributed by atoms with Gasteiger partial charge in [0.25, 0.3) is 0 Å². The Balaban J connectivity index is 1.96. The molecule has 0 N–H and O–H groups in total. The van der Waals surface area contributed by atoms with E-state index in [2.05, 4.69) is 11.9 Å². The third-order valence-corrected chi connectivity index (χ3v) is 3.16. The van der Waals surface area contributed by atoms with Crippen molar-refractivity contribution in [3.05, 3.63) is 47.7 Å². The number of hydrogen-bond acceptors (Lipinski definition) is 2. The Morgan fingerprint density at radius 3 is 2.37 bits per heavy atom. The summed E-state index contributed by atoms with van der Waals surface area (Å²) in [5.74, 6) is 0.918. The average Bonchev–Trinajstić information content (AvgIpc) is 2.45. The van der Waals surface area contributed by atoms with Crippen molar-refractivity contribution < 1.29 is 4.74 Å². The summed E-state index contributed by atoms with van der Waals surface area (Å²) in [5.41, 5.74) is 2.17. The minimum atomic E-state index is 0.514. The van der Waals surface area contributed by atoms with Crippen molar-refractivity contribution in [1.82, 2.24) is 4.98 Å². The van der Waals surface area contributed by atoms with Crippen LogP contribution < -0.4 is 4.74 Å². The van der Waals surface area contributed by atoms with Gasteiger partial charge in [-0.2, -0.15) is 0 Å². The Bertz CT molecular complexity index is 493. The lowest BCUT2D eigenvalue weighted by atomic mass is 10.1. The first kappa shape index (κ1) is 13.9. The van der Waals surface area contributed by atoms with Crippen molar-refractivity contribution in [2.75, 3.05) is 6.61 Å². The molecule has 3 heteroatoms. The molecule has 0 bridgehead atoms. The summed E-state index contributed by atoms with van der Waals surface area (Å²) in [6, 6.07) is 11.8. The monoisotopic (exact) mass is 275 g/mol. The predicted molar refractivity (Wildman–Crippen MR) is 79.7 cm³/mol. The van der Waals surface area contributed by atoms with Crippen LogP contribution in [0, 0.1) is 0 Å². The van der Waals surface area contributed by atoms with E-state index in [9.17, 15) is 0 Å². The van der Waals surface area contributed by atoms with Crippen LogP contribution in [0.3, 0.4) is 0 Å². The van der Waals surface area contributed by atoms with Gasteiger partial charge in [-0.3, -0.25) is 0 Å². The number of aromatic nitrogens is 1. The number of rotatable bonds is 6. The maximum Gasteiger partial charge on any atom is 0.129 e. The maximum absolute atomic E-state index is 5.78. The zero-order valence-electron chi connectivity index (χ0n) is 11.1. The van der Waals surface area contributed by atoms with E-state index in [1.807, 2.05) is 30.3 Å². The molecule has 1 aromatic heterocycles. The summed E-state index contributed by atoms with van der Waals surface area (Å²) in [6.45, 7) is 2.98. The number of nitrogens with zero attached hydrogens (tertiary/aromatic N) is 1. The Labute approximate surface area is 119 Å². The van der Waals surface area contributed by atoms with Crippen LogP contribution in [-0.2, 0) is 0 Å². The van der Waals surface area contributed by atoms with Gasteiger partial charge in [0.05, 0.1) is 6.61 Å². The number of benzene rings is 1. The second-order valence-corrected chi connectivity index (χ2v) is 4.84. The Hall–Kier alpha value is -1.54. The molecule has 0 spiro atoms. The fourth-order valence-corrected chi connectivity index (χ4v) is 1.94. The van der Waals surface area contributed by atoms with Gasteiger partial charge in [-0.15, -0.1) is 0 Å². The quantitative estimate of drug-likeness (QED) is 0.548. The molecule has 2 rings (SSSR count). The van der Waals surface area contributed by atoms with Crippen LogP contribution in [-0.4, -0.2) is 11.6 Å². The zero-order valence-corrected chi connectivity index (χ0v) is 11.9. The molecule has 0 aliphatic rings. The largest absolute Gasteiger partial charge is 0.494 e. The second kappa shape index (κ2) is 7.15. The van der Waals surface area contributed by atoms with E-state index < -0.39 is 0 Å². The van der Waals surface area contributed by atoms with Crippen LogP contribution in [0.5, 0.6) is 5.75 Å². The van der Waals surface area contributed by atoms with Crippen molar-refractivity contribution in [2.45, 2.75) is 26.2 Å². The molecule has 0 atom stereocenters. The highest BCUT2D eigenvalue weighted by Gasteiger charge is 1.99. The van der Waals surface area contributed by atoms with Crippen molar-refractivity contribution >= 4 is 11.6 Å². The second-order valence-electron chi connectivity index (χ2n) is 4.45. The first-order valence-electron chi connectivity index (χ1n) is 6.64. The third-order valence-electron chi connectivity index (χ3n) is 2.93. The summed E-state index contributed by atoms with van der Waals surface area (Å²) in [7, 11) is 0. The van der Waals surface area contributed by atoms with E-state index in [-0.39, 0.29) is 0 Å². The normalized spacial score (nSPS) is 10.4. The van der Waals surface area contributed by atoms with E-state index in [0.717, 1.165) is 29.9 Å². The first-order valence-corrected chi connectivity index (χ1v) is 7.02. The lowest BCUT2D eigenvalue weighted by molar-refractivity contribution is 0.306. The van der Waals surface area contributed by atoms with E-state index in [1.165, 1.54) is 12.8 Å². The van der Waals surface area contributed by atoms with Gasteiger partial charge >= 0.3 is 0 Å². The molecule has 0 aliphatic carbocycles. The van der Waals surface area contributed by atoms with Crippen molar-refractivity contribution in [1.29, 1.82) is 0 Å². The molecular weight excluding hydrogens is 258 g/mol. The molecule has 2 aromatic rings. The van der Waals surface area contributed by atoms with Crippen molar-refractivity contribution in [2.24, 2.45) is 0 Å². The summed E-state index contributed by atoms with van der Waals surface area (Å²) in [6.07, 6.45) is 5.32. The van der Waals surface area contributed by atoms with Gasteiger partial charge in [-0.05, 0) is 36.2 Å².